The molecule has 6 nitrogen and oxygen atoms in total. The second kappa shape index (κ2) is 10.4. The van der Waals surface area contributed by atoms with E-state index in [0.29, 0.717) is 16.8 Å². The molecule has 1 aliphatic rings. The van der Waals surface area contributed by atoms with Crippen LogP contribution in [0.3, 0.4) is 0 Å². The molecule has 2 rings (SSSR count). The van der Waals surface area contributed by atoms with Crippen molar-refractivity contribution in [1.29, 1.82) is 0 Å². The summed E-state index contributed by atoms with van der Waals surface area (Å²) in [6, 6.07) is 6.10. The van der Waals surface area contributed by atoms with Gasteiger partial charge in [0.05, 0.1) is 0 Å². The summed E-state index contributed by atoms with van der Waals surface area (Å²) in [5, 5.41) is 6.26. The summed E-state index contributed by atoms with van der Waals surface area (Å²) in [6.45, 7) is 3.90. The van der Waals surface area contributed by atoms with Crippen molar-refractivity contribution in [3.05, 3.63) is 35.6 Å². The summed E-state index contributed by atoms with van der Waals surface area (Å²) in [5.74, 6) is 0.130. The SMILES string of the molecule is CN=C(NCC(C)(C)c1cccc(F)c1)NC1CCN(S(=O)(=O)C(F)(F)F)CC1.I. The van der Waals surface area contributed by atoms with E-state index in [1.807, 2.05) is 19.9 Å². The fraction of sp³-hybridized carbons (Fsp3) is 0.611. The minimum atomic E-state index is -5.29. The third-order valence-electron chi connectivity index (χ3n) is 4.95. The number of aliphatic imine (C=N–C) groups is 1. The quantitative estimate of drug-likeness (QED) is 0.249. The van der Waals surface area contributed by atoms with Crippen LogP contribution in [-0.4, -0.2) is 56.9 Å². The molecule has 172 valence electrons. The van der Waals surface area contributed by atoms with Crippen molar-refractivity contribution in [2.45, 2.75) is 43.7 Å². The van der Waals surface area contributed by atoms with Crippen molar-refractivity contribution in [1.82, 2.24) is 14.9 Å². The van der Waals surface area contributed by atoms with Crippen LogP contribution in [0.2, 0.25) is 0 Å². The smallest absolute Gasteiger partial charge is 0.356 e. The molecule has 2 N–H and O–H groups in total. The fourth-order valence-electron chi connectivity index (χ4n) is 3.09. The molecule has 0 bridgehead atoms. The fourth-order valence-corrected chi connectivity index (χ4v) is 4.08. The number of hydrogen-bond donors (Lipinski definition) is 2. The predicted octanol–water partition coefficient (Wildman–Crippen LogP) is 3.20. The second-order valence-corrected chi connectivity index (χ2v) is 9.52. The van der Waals surface area contributed by atoms with Gasteiger partial charge in [0.15, 0.2) is 5.96 Å². The summed E-state index contributed by atoms with van der Waals surface area (Å²) in [4.78, 5) is 4.11. The van der Waals surface area contributed by atoms with Crippen LogP contribution in [0.25, 0.3) is 0 Å². The van der Waals surface area contributed by atoms with Gasteiger partial charge in [-0.3, -0.25) is 4.99 Å². The number of nitrogens with one attached hydrogen (secondary N) is 2. The van der Waals surface area contributed by atoms with E-state index in [1.165, 1.54) is 12.1 Å². The molecule has 0 unspecified atom stereocenters. The largest absolute Gasteiger partial charge is 0.511 e. The Hall–Kier alpha value is -1.15. The molecule has 1 fully saturated rings. The lowest BCUT2D eigenvalue weighted by molar-refractivity contribution is -0.0494. The lowest BCUT2D eigenvalue weighted by atomic mass is 9.84. The first-order chi connectivity index (χ1) is 13.4. The Labute approximate surface area is 191 Å². The van der Waals surface area contributed by atoms with Crippen LogP contribution in [0.4, 0.5) is 17.6 Å². The first-order valence-corrected chi connectivity index (χ1v) is 10.6. The van der Waals surface area contributed by atoms with Gasteiger partial charge in [-0.25, -0.2) is 12.8 Å². The minimum absolute atomic E-state index is 0. The van der Waals surface area contributed by atoms with E-state index in [1.54, 1.807) is 13.1 Å². The van der Waals surface area contributed by atoms with Crippen molar-refractivity contribution in [2.24, 2.45) is 4.99 Å². The van der Waals surface area contributed by atoms with Crippen molar-refractivity contribution in [3.8, 4) is 0 Å². The van der Waals surface area contributed by atoms with E-state index in [2.05, 4.69) is 15.6 Å². The Kier molecular flexibility index (Phi) is 9.36. The summed E-state index contributed by atoms with van der Waals surface area (Å²) < 4.78 is 74.9. The van der Waals surface area contributed by atoms with Crippen LogP contribution in [0.15, 0.2) is 29.3 Å². The van der Waals surface area contributed by atoms with Crippen molar-refractivity contribution in [3.63, 3.8) is 0 Å². The Morgan fingerprint density at radius 3 is 2.33 bits per heavy atom. The van der Waals surface area contributed by atoms with Gasteiger partial charge in [0, 0.05) is 38.1 Å². The molecule has 0 amide bonds. The molecule has 0 aliphatic carbocycles. The number of sulfonamides is 1. The van der Waals surface area contributed by atoms with Crippen molar-refractivity contribution < 1.29 is 26.0 Å². The Bertz CT molecular complexity index is 839. The number of piperidine rings is 1. The van der Waals surface area contributed by atoms with Gasteiger partial charge in [0.1, 0.15) is 5.82 Å². The van der Waals surface area contributed by atoms with Crippen LogP contribution >= 0.6 is 24.0 Å². The lowest BCUT2D eigenvalue weighted by Crippen LogP contribution is -2.52. The summed E-state index contributed by atoms with van der Waals surface area (Å²) in [5.41, 5.74) is -4.87. The molecule has 1 aromatic rings. The zero-order valence-corrected chi connectivity index (χ0v) is 20.1. The van der Waals surface area contributed by atoms with Crippen molar-refractivity contribution >= 4 is 40.0 Å². The molecule has 1 aromatic carbocycles. The number of benzene rings is 1. The zero-order valence-electron chi connectivity index (χ0n) is 17.0. The maximum atomic E-state index is 13.5. The molecular weight excluding hydrogens is 539 g/mol. The molecule has 1 heterocycles. The van der Waals surface area contributed by atoms with E-state index in [0.717, 1.165) is 5.56 Å². The molecular formula is C18H27F4IN4O2S. The summed E-state index contributed by atoms with van der Waals surface area (Å²) in [6.07, 6.45) is 0.451. The highest BCUT2D eigenvalue weighted by Crippen LogP contribution is 2.29. The number of halogens is 5. The average molecular weight is 566 g/mol. The Balaban J connectivity index is 0.00000450. The predicted molar refractivity (Wildman–Crippen MR) is 119 cm³/mol. The van der Waals surface area contributed by atoms with Gasteiger partial charge < -0.3 is 10.6 Å². The number of rotatable bonds is 5. The van der Waals surface area contributed by atoms with E-state index in [9.17, 15) is 26.0 Å². The van der Waals surface area contributed by atoms with Crippen LogP contribution in [0, 0.1) is 5.82 Å². The van der Waals surface area contributed by atoms with Crippen molar-refractivity contribution in [2.75, 3.05) is 26.7 Å². The van der Waals surface area contributed by atoms with Gasteiger partial charge in [-0.2, -0.15) is 17.5 Å². The number of hydrogen-bond acceptors (Lipinski definition) is 3. The van der Waals surface area contributed by atoms with Gasteiger partial charge in [-0.15, -0.1) is 24.0 Å². The molecule has 0 spiro atoms. The zero-order chi connectivity index (χ0) is 21.9. The lowest BCUT2D eigenvalue weighted by Gasteiger charge is -2.33. The molecule has 0 atom stereocenters. The molecule has 0 radical (unpaired) electrons. The highest BCUT2D eigenvalue weighted by molar-refractivity contribution is 14.0. The van der Waals surface area contributed by atoms with Gasteiger partial charge in [0.25, 0.3) is 0 Å². The maximum absolute atomic E-state index is 13.5. The topological polar surface area (TPSA) is 73.8 Å². The number of nitrogens with zero attached hydrogens (tertiary/aromatic N) is 2. The van der Waals surface area contributed by atoms with E-state index in [-0.39, 0.29) is 61.8 Å². The highest BCUT2D eigenvalue weighted by Gasteiger charge is 2.50. The number of guanidine groups is 1. The summed E-state index contributed by atoms with van der Waals surface area (Å²) >= 11 is 0. The standard InChI is InChI=1S/C18H26F4N4O2S.HI/c1-17(2,13-5-4-6-14(19)11-13)12-24-16(23-3)25-15-7-9-26(10-8-15)29(27,28)18(20,21)22;/h4-6,11,15H,7-10,12H2,1-3H3,(H2,23,24,25);1H. The molecule has 12 heteroatoms. The molecule has 1 saturated heterocycles. The monoisotopic (exact) mass is 566 g/mol. The Morgan fingerprint density at radius 1 is 1.23 bits per heavy atom. The summed E-state index contributed by atoms with van der Waals surface area (Å²) in [7, 11) is -3.73. The first kappa shape index (κ1) is 26.9. The van der Waals surface area contributed by atoms with Crippen LogP contribution in [0.1, 0.15) is 32.3 Å². The van der Waals surface area contributed by atoms with Crippen LogP contribution < -0.4 is 10.6 Å². The van der Waals surface area contributed by atoms with Gasteiger partial charge >= 0.3 is 15.5 Å². The van der Waals surface area contributed by atoms with Crippen LogP contribution in [0.5, 0.6) is 0 Å². The number of alkyl halides is 3. The van der Waals surface area contributed by atoms with Gasteiger partial charge in [-0.05, 0) is 30.5 Å². The molecule has 0 aromatic heterocycles. The third-order valence-corrected chi connectivity index (χ3v) is 6.58. The van der Waals surface area contributed by atoms with E-state index in [4.69, 9.17) is 0 Å². The molecule has 1 aliphatic heterocycles. The van der Waals surface area contributed by atoms with E-state index >= 15 is 0 Å². The van der Waals surface area contributed by atoms with Gasteiger partial charge in [-0.1, -0.05) is 26.0 Å². The molecule has 0 saturated carbocycles. The highest BCUT2D eigenvalue weighted by atomic mass is 127. The first-order valence-electron chi connectivity index (χ1n) is 9.16. The maximum Gasteiger partial charge on any atom is 0.511 e. The normalized spacial score (nSPS) is 17.4. The van der Waals surface area contributed by atoms with E-state index < -0.39 is 20.9 Å². The minimum Gasteiger partial charge on any atom is -0.356 e. The molecule has 30 heavy (non-hydrogen) atoms. The van der Waals surface area contributed by atoms with Crippen LogP contribution in [-0.2, 0) is 15.4 Å². The third kappa shape index (κ3) is 6.67. The average Bonchev–Trinajstić information content (AvgIpc) is 2.64. The van der Waals surface area contributed by atoms with Gasteiger partial charge in [0.2, 0.25) is 0 Å². The Morgan fingerprint density at radius 2 is 1.83 bits per heavy atom. The second-order valence-electron chi connectivity index (χ2n) is 7.59.